The second-order valence-corrected chi connectivity index (χ2v) is 4.57. The van der Waals surface area contributed by atoms with Gasteiger partial charge >= 0.3 is 0 Å². The summed E-state index contributed by atoms with van der Waals surface area (Å²) in [5.41, 5.74) is 0.997. The van der Waals surface area contributed by atoms with Gasteiger partial charge in [-0.25, -0.2) is 9.97 Å². The van der Waals surface area contributed by atoms with Crippen LogP contribution in [0, 0.1) is 10.5 Å². The summed E-state index contributed by atoms with van der Waals surface area (Å²) < 4.78 is 6.44. The number of hydrogen-bond donors (Lipinski definition) is 1. The third-order valence-electron chi connectivity index (χ3n) is 2.32. The number of aromatic nitrogens is 2. The van der Waals surface area contributed by atoms with Crippen molar-refractivity contribution in [1.29, 1.82) is 0 Å². The Kier molecular flexibility index (Phi) is 5.40. The van der Waals surface area contributed by atoms with Gasteiger partial charge in [0, 0.05) is 13.7 Å². The fraction of sp³-hybridized carbons (Fsp3) is 0.636. The van der Waals surface area contributed by atoms with Crippen LogP contribution in [-0.2, 0) is 4.74 Å². The van der Waals surface area contributed by atoms with E-state index in [0.29, 0.717) is 0 Å². The zero-order chi connectivity index (χ0) is 12.1. The lowest BCUT2D eigenvalue weighted by molar-refractivity contribution is 0.0925. The molecule has 90 valence electrons. The number of methoxy groups -OCH3 is 1. The van der Waals surface area contributed by atoms with E-state index in [1.54, 1.807) is 7.11 Å². The van der Waals surface area contributed by atoms with Gasteiger partial charge in [-0.15, -0.1) is 0 Å². The first kappa shape index (κ1) is 13.6. The average Bonchev–Trinajstić information content (AvgIpc) is 2.27. The highest BCUT2D eigenvalue weighted by Crippen LogP contribution is 2.23. The van der Waals surface area contributed by atoms with Crippen LogP contribution in [0.3, 0.4) is 0 Å². The number of nitrogens with one attached hydrogen (secondary N) is 1. The monoisotopic (exact) mass is 335 g/mol. The molecule has 0 spiro atoms. The average molecular weight is 335 g/mol. The fourth-order valence-electron chi connectivity index (χ4n) is 1.46. The largest absolute Gasteiger partial charge is 0.373 e. The van der Waals surface area contributed by atoms with Crippen LogP contribution < -0.4 is 5.32 Å². The molecule has 0 aliphatic rings. The van der Waals surface area contributed by atoms with E-state index in [1.165, 1.54) is 0 Å². The summed E-state index contributed by atoms with van der Waals surface area (Å²) in [6.07, 6.45) is 0.857. The highest BCUT2D eigenvalue weighted by Gasteiger charge is 2.15. The maximum absolute atomic E-state index is 5.36. The Bertz CT molecular complexity index is 353. The molecule has 1 atom stereocenters. The van der Waals surface area contributed by atoms with E-state index in [1.807, 2.05) is 6.92 Å². The molecule has 0 aromatic carbocycles. The third kappa shape index (κ3) is 3.04. The number of ether oxygens (including phenoxy) is 1. The lowest BCUT2D eigenvalue weighted by Crippen LogP contribution is -2.12. The topological polar surface area (TPSA) is 47.0 Å². The van der Waals surface area contributed by atoms with Crippen molar-refractivity contribution in [3.8, 4) is 0 Å². The smallest absolute Gasteiger partial charge is 0.159 e. The van der Waals surface area contributed by atoms with Crippen molar-refractivity contribution in [1.82, 2.24) is 9.97 Å². The Morgan fingerprint density at radius 3 is 2.56 bits per heavy atom. The standard InChI is InChI=1S/C11H18IN3O/c1-5-8(16-4)10-14-7(3)9(12)11(15-10)13-6-2/h8H,5-6H2,1-4H3,(H,13,14,15). The first-order chi connectivity index (χ1) is 7.63. The number of hydrogen-bond acceptors (Lipinski definition) is 4. The molecule has 1 N–H and O–H groups in total. The van der Waals surface area contributed by atoms with Crippen LogP contribution >= 0.6 is 22.6 Å². The minimum atomic E-state index is -0.0203. The zero-order valence-corrected chi connectivity index (χ0v) is 12.3. The SMILES string of the molecule is CCNc1nc(C(CC)OC)nc(C)c1I. The van der Waals surface area contributed by atoms with Crippen LogP contribution in [0.25, 0.3) is 0 Å². The molecule has 0 saturated carbocycles. The number of halogens is 1. The van der Waals surface area contributed by atoms with Gasteiger partial charge in [0.1, 0.15) is 11.9 Å². The van der Waals surface area contributed by atoms with Gasteiger partial charge in [0.15, 0.2) is 5.82 Å². The van der Waals surface area contributed by atoms with Crippen molar-refractivity contribution < 1.29 is 4.74 Å². The number of nitrogens with zero attached hydrogens (tertiary/aromatic N) is 2. The molecule has 16 heavy (non-hydrogen) atoms. The van der Waals surface area contributed by atoms with Crippen molar-refractivity contribution >= 4 is 28.4 Å². The lowest BCUT2D eigenvalue weighted by Gasteiger charge is -2.15. The van der Waals surface area contributed by atoms with Crippen LogP contribution in [0.4, 0.5) is 5.82 Å². The number of aryl methyl sites for hydroxylation is 1. The van der Waals surface area contributed by atoms with Crippen LogP contribution in [0.15, 0.2) is 0 Å². The Morgan fingerprint density at radius 2 is 2.06 bits per heavy atom. The summed E-state index contributed by atoms with van der Waals surface area (Å²) in [7, 11) is 1.69. The minimum absolute atomic E-state index is 0.0203. The molecular formula is C11H18IN3O. The van der Waals surface area contributed by atoms with Gasteiger partial charge in [-0.3, -0.25) is 0 Å². The summed E-state index contributed by atoms with van der Waals surface area (Å²) in [5, 5.41) is 3.25. The van der Waals surface area contributed by atoms with Gasteiger partial charge in [-0.2, -0.15) is 0 Å². The number of rotatable bonds is 5. The van der Waals surface area contributed by atoms with E-state index >= 15 is 0 Å². The molecule has 0 fully saturated rings. The van der Waals surface area contributed by atoms with E-state index in [2.05, 4.69) is 51.7 Å². The Labute approximate surface area is 110 Å². The van der Waals surface area contributed by atoms with Crippen molar-refractivity contribution in [3.63, 3.8) is 0 Å². The molecule has 5 heteroatoms. The zero-order valence-electron chi connectivity index (χ0n) is 10.2. The molecule has 1 unspecified atom stereocenters. The second-order valence-electron chi connectivity index (χ2n) is 3.49. The predicted octanol–water partition coefficient (Wildman–Crippen LogP) is 2.92. The quantitative estimate of drug-likeness (QED) is 0.841. The lowest BCUT2D eigenvalue weighted by atomic mass is 10.2. The predicted molar refractivity (Wildman–Crippen MR) is 73.7 cm³/mol. The molecule has 0 bridgehead atoms. The summed E-state index contributed by atoms with van der Waals surface area (Å²) in [4.78, 5) is 8.98. The summed E-state index contributed by atoms with van der Waals surface area (Å²) in [6.45, 7) is 6.98. The van der Waals surface area contributed by atoms with Crippen molar-refractivity contribution in [2.75, 3.05) is 19.0 Å². The summed E-state index contributed by atoms with van der Waals surface area (Å²) >= 11 is 2.26. The molecule has 1 aromatic heterocycles. The maximum atomic E-state index is 5.36. The first-order valence-corrected chi connectivity index (χ1v) is 6.52. The van der Waals surface area contributed by atoms with E-state index < -0.39 is 0 Å². The first-order valence-electron chi connectivity index (χ1n) is 5.44. The molecule has 1 rings (SSSR count). The van der Waals surface area contributed by atoms with E-state index in [4.69, 9.17) is 4.74 Å². The Morgan fingerprint density at radius 1 is 1.38 bits per heavy atom. The van der Waals surface area contributed by atoms with Gasteiger partial charge in [0.25, 0.3) is 0 Å². The molecule has 4 nitrogen and oxygen atoms in total. The van der Waals surface area contributed by atoms with Gasteiger partial charge in [0.05, 0.1) is 9.26 Å². The minimum Gasteiger partial charge on any atom is -0.373 e. The fourth-order valence-corrected chi connectivity index (χ4v) is 1.90. The molecule has 1 heterocycles. The molecule has 0 amide bonds. The van der Waals surface area contributed by atoms with Gasteiger partial charge < -0.3 is 10.1 Å². The molecule has 0 aliphatic carbocycles. The molecule has 0 saturated heterocycles. The normalized spacial score (nSPS) is 12.6. The van der Waals surface area contributed by atoms with Gasteiger partial charge in [-0.1, -0.05) is 6.92 Å². The van der Waals surface area contributed by atoms with Gasteiger partial charge in [0.2, 0.25) is 0 Å². The maximum Gasteiger partial charge on any atom is 0.159 e. The van der Waals surface area contributed by atoms with Crippen LogP contribution in [0.1, 0.15) is 37.9 Å². The molecule has 0 aliphatic heterocycles. The molecule has 1 aromatic rings. The van der Waals surface area contributed by atoms with Crippen LogP contribution in [-0.4, -0.2) is 23.6 Å². The van der Waals surface area contributed by atoms with E-state index in [0.717, 1.165) is 33.9 Å². The summed E-state index contributed by atoms with van der Waals surface area (Å²) in [5.74, 6) is 1.67. The molecular weight excluding hydrogens is 317 g/mol. The third-order valence-corrected chi connectivity index (χ3v) is 3.61. The summed E-state index contributed by atoms with van der Waals surface area (Å²) in [6, 6.07) is 0. The van der Waals surface area contributed by atoms with Crippen molar-refractivity contribution in [2.24, 2.45) is 0 Å². The van der Waals surface area contributed by atoms with Gasteiger partial charge in [-0.05, 0) is 42.9 Å². The highest BCUT2D eigenvalue weighted by molar-refractivity contribution is 14.1. The second kappa shape index (κ2) is 6.34. The Hall–Kier alpha value is -0.430. The number of anilines is 1. The van der Waals surface area contributed by atoms with Crippen molar-refractivity contribution in [3.05, 3.63) is 15.1 Å². The van der Waals surface area contributed by atoms with Crippen LogP contribution in [0.5, 0.6) is 0 Å². The van der Waals surface area contributed by atoms with E-state index in [-0.39, 0.29) is 6.10 Å². The van der Waals surface area contributed by atoms with Crippen molar-refractivity contribution in [2.45, 2.75) is 33.3 Å². The van der Waals surface area contributed by atoms with Crippen LogP contribution in [0.2, 0.25) is 0 Å². The van der Waals surface area contributed by atoms with E-state index in [9.17, 15) is 0 Å². The Balaban J connectivity index is 3.12. The highest BCUT2D eigenvalue weighted by atomic mass is 127. The molecule has 0 radical (unpaired) electrons.